The SMILES string of the molecule is CN=C(NCc1ccccc1C)NCc1ccccc1CN(C)C. The number of guanidine groups is 1. The summed E-state index contributed by atoms with van der Waals surface area (Å²) in [5.41, 5.74) is 5.21. The van der Waals surface area contributed by atoms with Crippen molar-refractivity contribution < 1.29 is 0 Å². The topological polar surface area (TPSA) is 39.7 Å². The Kier molecular flexibility index (Phi) is 6.82. The molecule has 0 saturated heterocycles. The summed E-state index contributed by atoms with van der Waals surface area (Å²) >= 11 is 0. The molecule has 0 radical (unpaired) electrons. The molecule has 0 heterocycles. The summed E-state index contributed by atoms with van der Waals surface area (Å²) in [5.74, 6) is 0.818. The van der Waals surface area contributed by atoms with Gasteiger partial charge in [-0.3, -0.25) is 4.99 Å². The van der Waals surface area contributed by atoms with Gasteiger partial charge >= 0.3 is 0 Å². The van der Waals surface area contributed by atoms with E-state index in [-0.39, 0.29) is 0 Å². The van der Waals surface area contributed by atoms with Crippen LogP contribution in [0, 0.1) is 6.92 Å². The fourth-order valence-corrected chi connectivity index (χ4v) is 2.61. The molecule has 0 fully saturated rings. The number of hydrogen-bond acceptors (Lipinski definition) is 2. The van der Waals surface area contributed by atoms with Crippen molar-refractivity contribution >= 4 is 5.96 Å². The Hall–Kier alpha value is -2.33. The maximum absolute atomic E-state index is 4.32. The average Bonchev–Trinajstić information content (AvgIpc) is 2.57. The van der Waals surface area contributed by atoms with E-state index in [4.69, 9.17) is 0 Å². The van der Waals surface area contributed by atoms with E-state index in [1.165, 1.54) is 22.3 Å². The Bertz CT molecular complexity index is 677. The van der Waals surface area contributed by atoms with Gasteiger partial charge in [-0.15, -0.1) is 0 Å². The van der Waals surface area contributed by atoms with Crippen molar-refractivity contribution in [2.45, 2.75) is 26.6 Å². The molecule has 0 spiro atoms. The van der Waals surface area contributed by atoms with Gasteiger partial charge in [0.05, 0.1) is 0 Å². The van der Waals surface area contributed by atoms with Gasteiger partial charge in [0.25, 0.3) is 0 Å². The Labute approximate surface area is 145 Å². The summed E-state index contributed by atoms with van der Waals surface area (Å²) in [7, 11) is 5.98. The van der Waals surface area contributed by atoms with E-state index < -0.39 is 0 Å². The summed E-state index contributed by atoms with van der Waals surface area (Å²) in [5, 5.41) is 6.79. The minimum atomic E-state index is 0.761. The zero-order valence-corrected chi connectivity index (χ0v) is 15.1. The van der Waals surface area contributed by atoms with Crippen LogP contribution in [0.1, 0.15) is 22.3 Å². The summed E-state index contributed by atoms with van der Waals surface area (Å²) in [6, 6.07) is 16.9. The second-order valence-corrected chi connectivity index (χ2v) is 6.21. The van der Waals surface area contributed by atoms with Crippen molar-refractivity contribution in [2.75, 3.05) is 21.1 Å². The first-order valence-corrected chi connectivity index (χ1v) is 8.30. The molecule has 0 unspecified atom stereocenters. The van der Waals surface area contributed by atoms with Gasteiger partial charge in [0.15, 0.2) is 5.96 Å². The van der Waals surface area contributed by atoms with E-state index in [1.807, 2.05) is 0 Å². The highest BCUT2D eigenvalue weighted by molar-refractivity contribution is 5.79. The first kappa shape index (κ1) is 18.0. The molecule has 2 rings (SSSR count). The Morgan fingerprint density at radius 2 is 1.42 bits per heavy atom. The van der Waals surface area contributed by atoms with Crippen LogP contribution in [0.15, 0.2) is 53.5 Å². The number of aliphatic imine (C=N–C) groups is 1. The molecular formula is C20H28N4. The fraction of sp³-hybridized carbons (Fsp3) is 0.350. The zero-order chi connectivity index (χ0) is 17.4. The molecule has 0 atom stereocenters. The minimum absolute atomic E-state index is 0.761. The molecule has 24 heavy (non-hydrogen) atoms. The van der Waals surface area contributed by atoms with Gasteiger partial charge in [-0.2, -0.15) is 0 Å². The predicted molar refractivity (Wildman–Crippen MR) is 102 cm³/mol. The molecular weight excluding hydrogens is 296 g/mol. The van der Waals surface area contributed by atoms with Crippen LogP contribution in [0.4, 0.5) is 0 Å². The summed E-state index contributed by atoms with van der Waals surface area (Å²) < 4.78 is 0. The number of nitrogens with one attached hydrogen (secondary N) is 2. The Morgan fingerprint density at radius 1 is 0.875 bits per heavy atom. The lowest BCUT2D eigenvalue weighted by atomic mass is 10.1. The largest absolute Gasteiger partial charge is 0.352 e. The van der Waals surface area contributed by atoms with Gasteiger partial charge in [-0.25, -0.2) is 0 Å². The highest BCUT2D eigenvalue weighted by atomic mass is 15.2. The van der Waals surface area contributed by atoms with Gasteiger partial charge in [0, 0.05) is 26.7 Å². The van der Waals surface area contributed by atoms with Crippen LogP contribution < -0.4 is 10.6 Å². The number of nitrogens with zero attached hydrogens (tertiary/aromatic N) is 2. The van der Waals surface area contributed by atoms with Gasteiger partial charge in [0.1, 0.15) is 0 Å². The van der Waals surface area contributed by atoms with Crippen LogP contribution in [-0.4, -0.2) is 32.0 Å². The van der Waals surface area contributed by atoms with Crippen LogP contribution in [0.25, 0.3) is 0 Å². The molecule has 128 valence electrons. The van der Waals surface area contributed by atoms with E-state index in [2.05, 4.69) is 90.1 Å². The zero-order valence-electron chi connectivity index (χ0n) is 15.1. The molecule has 4 nitrogen and oxygen atoms in total. The van der Waals surface area contributed by atoms with Crippen LogP contribution in [0.5, 0.6) is 0 Å². The van der Waals surface area contributed by atoms with E-state index in [9.17, 15) is 0 Å². The normalized spacial score (nSPS) is 11.6. The van der Waals surface area contributed by atoms with Gasteiger partial charge in [0.2, 0.25) is 0 Å². The molecule has 0 bridgehead atoms. The molecule has 0 aromatic heterocycles. The highest BCUT2D eigenvalue weighted by Gasteiger charge is 2.05. The lowest BCUT2D eigenvalue weighted by molar-refractivity contribution is 0.400. The Morgan fingerprint density at radius 3 is 2.00 bits per heavy atom. The van der Waals surface area contributed by atoms with E-state index in [0.717, 1.165) is 25.6 Å². The fourth-order valence-electron chi connectivity index (χ4n) is 2.61. The van der Waals surface area contributed by atoms with E-state index >= 15 is 0 Å². The number of hydrogen-bond donors (Lipinski definition) is 2. The summed E-state index contributed by atoms with van der Waals surface area (Å²) in [6.07, 6.45) is 0. The van der Waals surface area contributed by atoms with Gasteiger partial charge in [-0.05, 0) is 43.3 Å². The van der Waals surface area contributed by atoms with Crippen molar-refractivity contribution in [1.29, 1.82) is 0 Å². The molecule has 0 aliphatic carbocycles. The Balaban J connectivity index is 1.94. The van der Waals surface area contributed by atoms with Crippen LogP contribution >= 0.6 is 0 Å². The molecule has 0 aliphatic heterocycles. The predicted octanol–water partition coefficient (Wildman–Crippen LogP) is 2.92. The monoisotopic (exact) mass is 324 g/mol. The standard InChI is InChI=1S/C20H28N4/c1-16-9-5-6-10-17(16)13-22-20(21-2)23-14-18-11-7-8-12-19(18)15-24(3)4/h5-12H,13-15H2,1-4H3,(H2,21,22,23). The quantitative estimate of drug-likeness (QED) is 0.634. The lowest BCUT2D eigenvalue weighted by Crippen LogP contribution is -2.36. The third-order valence-corrected chi connectivity index (χ3v) is 3.98. The summed E-state index contributed by atoms with van der Waals surface area (Å²) in [4.78, 5) is 6.51. The minimum Gasteiger partial charge on any atom is -0.352 e. The first-order chi connectivity index (χ1) is 11.6. The smallest absolute Gasteiger partial charge is 0.191 e. The van der Waals surface area contributed by atoms with Crippen molar-refractivity contribution in [3.63, 3.8) is 0 Å². The van der Waals surface area contributed by atoms with E-state index in [0.29, 0.717) is 0 Å². The third-order valence-electron chi connectivity index (χ3n) is 3.98. The number of aryl methyl sites for hydroxylation is 1. The van der Waals surface area contributed by atoms with Crippen LogP contribution in [-0.2, 0) is 19.6 Å². The van der Waals surface area contributed by atoms with Crippen molar-refractivity contribution in [3.05, 3.63) is 70.8 Å². The van der Waals surface area contributed by atoms with Gasteiger partial charge < -0.3 is 15.5 Å². The van der Waals surface area contributed by atoms with Crippen molar-refractivity contribution in [3.8, 4) is 0 Å². The molecule has 0 aliphatic rings. The maximum atomic E-state index is 4.32. The van der Waals surface area contributed by atoms with Gasteiger partial charge in [-0.1, -0.05) is 48.5 Å². The van der Waals surface area contributed by atoms with Crippen molar-refractivity contribution in [1.82, 2.24) is 15.5 Å². The third kappa shape index (κ3) is 5.39. The van der Waals surface area contributed by atoms with Crippen LogP contribution in [0.2, 0.25) is 0 Å². The number of rotatable bonds is 6. The lowest BCUT2D eigenvalue weighted by Gasteiger charge is -2.17. The van der Waals surface area contributed by atoms with Crippen LogP contribution in [0.3, 0.4) is 0 Å². The second-order valence-electron chi connectivity index (χ2n) is 6.21. The summed E-state index contributed by atoms with van der Waals surface area (Å²) in [6.45, 7) is 4.60. The molecule has 2 aromatic rings. The highest BCUT2D eigenvalue weighted by Crippen LogP contribution is 2.10. The van der Waals surface area contributed by atoms with E-state index in [1.54, 1.807) is 7.05 Å². The van der Waals surface area contributed by atoms with Crippen molar-refractivity contribution in [2.24, 2.45) is 4.99 Å². The maximum Gasteiger partial charge on any atom is 0.191 e. The molecule has 2 N–H and O–H groups in total. The molecule has 2 aromatic carbocycles. The molecule has 0 saturated carbocycles. The number of benzene rings is 2. The second kappa shape index (κ2) is 9.08. The average molecular weight is 324 g/mol. The molecule has 0 amide bonds. The molecule has 4 heteroatoms. The first-order valence-electron chi connectivity index (χ1n) is 8.30.